The highest BCUT2D eigenvalue weighted by Crippen LogP contribution is 2.31. The van der Waals surface area contributed by atoms with Crippen molar-refractivity contribution in [1.82, 2.24) is 9.55 Å². The van der Waals surface area contributed by atoms with Crippen molar-refractivity contribution in [1.29, 1.82) is 0 Å². The minimum Gasteiger partial charge on any atom is -0.373 e. The van der Waals surface area contributed by atoms with Gasteiger partial charge in [0, 0.05) is 36.4 Å². The molecular formula is C19H20N4O4S. The van der Waals surface area contributed by atoms with Gasteiger partial charge in [0.25, 0.3) is 5.69 Å². The van der Waals surface area contributed by atoms with Crippen LogP contribution in [0.25, 0.3) is 5.69 Å². The van der Waals surface area contributed by atoms with Gasteiger partial charge in [-0.15, -0.1) is 0 Å². The van der Waals surface area contributed by atoms with Gasteiger partial charge in [-0.3, -0.25) is 10.1 Å². The molecule has 1 N–H and O–H groups in total. The van der Waals surface area contributed by atoms with E-state index < -0.39 is 14.8 Å². The molecule has 1 heterocycles. The Morgan fingerprint density at radius 3 is 2.39 bits per heavy atom. The summed E-state index contributed by atoms with van der Waals surface area (Å²) in [4.78, 5) is 14.9. The van der Waals surface area contributed by atoms with Gasteiger partial charge in [0.2, 0.25) is 0 Å². The van der Waals surface area contributed by atoms with Crippen molar-refractivity contribution >= 4 is 21.2 Å². The summed E-state index contributed by atoms with van der Waals surface area (Å²) in [5.74, 6) is 0.875. The molecule has 146 valence electrons. The van der Waals surface area contributed by atoms with E-state index in [2.05, 4.69) is 10.3 Å². The van der Waals surface area contributed by atoms with Gasteiger partial charge in [-0.05, 0) is 43.7 Å². The predicted octanol–water partition coefficient (Wildman–Crippen LogP) is 3.67. The third-order valence-corrected chi connectivity index (χ3v) is 5.57. The predicted molar refractivity (Wildman–Crippen MR) is 107 cm³/mol. The fourth-order valence-corrected chi connectivity index (χ4v) is 3.55. The van der Waals surface area contributed by atoms with Crippen LogP contribution in [0.2, 0.25) is 0 Å². The molecule has 28 heavy (non-hydrogen) atoms. The Kier molecular flexibility index (Phi) is 5.19. The molecule has 0 saturated heterocycles. The van der Waals surface area contributed by atoms with Crippen molar-refractivity contribution < 1.29 is 13.3 Å². The third kappa shape index (κ3) is 4.04. The molecule has 0 amide bonds. The molecule has 2 aromatic carbocycles. The Morgan fingerprint density at radius 2 is 1.86 bits per heavy atom. The Labute approximate surface area is 162 Å². The maximum Gasteiger partial charge on any atom is 0.293 e. The normalized spacial score (nSPS) is 12.5. The first-order valence-corrected chi connectivity index (χ1v) is 10.4. The summed E-state index contributed by atoms with van der Waals surface area (Å²) in [5, 5.41) is 14.5. The Morgan fingerprint density at radius 1 is 1.18 bits per heavy atom. The zero-order valence-electron chi connectivity index (χ0n) is 15.7. The van der Waals surface area contributed by atoms with E-state index in [4.69, 9.17) is 0 Å². The minimum atomic E-state index is -3.53. The molecule has 3 aromatic rings. The highest BCUT2D eigenvalue weighted by Gasteiger charge is 2.20. The van der Waals surface area contributed by atoms with E-state index in [-0.39, 0.29) is 22.3 Å². The number of benzene rings is 2. The van der Waals surface area contributed by atoms with E-state index in [1.165, 1.54) is 12.1 Å². The number of imidazole rings is 1. The van der Waals surface area contributed by atoms with Gasteiger partial charge in [0.15, 0.2) is 9.84 Å². The zero-order valence-corrected chi connectivity index (χ0v) is 16.5. The van der Waals surface area contributed by atoms with Gasteiger partial charge in [0.05, 0.1) is 9.82 Å². The SMILES string of the molecule is Cc1nccn1-c1ccc(C(C)Nc2ccc(S(C)(=O)=O)cc2[N+](=O)[O-])cc1. The summed E-state index contributed by atoms with van der Waals surface area (Å²) in [6.07, 6.45) is 4.62. The molecule has 0 aliphatic heterocycles. The molecule has 0 aliphatic carbocycles. The minimum absolute atomic E-state index is 0.0857. The van der Waals surface area contributed by atoms with Crippen LogP contribution in [-0.4, -0.2) is 29.1 Å². The van der Waals surface area contributed by atoms with Crippen molar-refractivity contribution in [2.45, 2.75) is 24.8 Å². The second kappa shape index (κ2) is 7.43. The van der Waals surface area contributed by atoms with Crippen LogP contribution in [0.5, 0.6) is 0 Å². The molecule has 1 atom stereocenters. The summed E-state index contributed by atoms with van der Waals surface area (Å²) in [6.45, 7) is 3.79. The second-order valence-corrected chi connectivity index (χ2v) is 8.53. The molecule has 0 radical (unpaired) electrons. The first-order chi connectivity index (χ1) is 13.2. The van der Waals surface area contributed by atoms with E-state index >= 15 is 0 Å². The summed E-state index contributed by atoms with van der Waals surface area (Å²) in [5.41, 5.74) is 1.89. The molecule has 0 saturated carbocycles. The molecule has 3 rings (SSSR count). The molecule has 0 bridgehead atoms. The summed E-state index contributed by atoms with van der Waals surface area (Å²) >= 11 is 0. The van der Waals surface area contributed by atoms with Gasteiger partial charge < -0.3 is 9.88 Å². The smallest absolute Gasteiger partial charge is 0.293 e. The van der Waals surface area contributed by atoms with E-state index in [0.29, 0.717) is 0 Å². The molecular weight excluding hydrogens is 380 g/mol. The number of hydrogen-bond acceptors (Lipinski definition) is 6. The average molecular weight is 400 g/mol. The van der Waals surface area contributed by atoms with Crippen LogP contribution >= 0.6 is 0 Å². The van der Waals surface area contributed by atoms with Crippen LogP contribution in [0.3, 0.4) is 0 Å². The molecule has 1 unspecified atom stereocenters. The average Bonchev–Trinajstić information content (AvgIpc) is 3.07. The summed E-state index contributed by atoms with van der Waals surface area (Å²) in [6, 6.07) is 11.4. The molecule has 0 spiro atoms. The Balaban J connectivity index is 1.85. The van der Waals surface area contributed by atoms with Crippen molar-refractivity contribution in [3.05, 3.63) is 76.4 Å². The Bertz CT molecular complexity index is 1120. The van der Waals surface area contributed by atoms with E-state index in [9.17, 15) is 18.5 Å². The molecule has 9 heteroatoms. The zero-order chi connectivity index (χ0) is 20.5. The summed E-state index contributed by atoms with van der Waals surface area (Å²) < 4.78 is 25.3. The monoisotopic (exact) mass is 400 g/mol. The van der Waals surface area contributed by atoms with Crippen LogP contribution in [0.1, 0.15) is 24.4 Å². The van der Waals surface area contributed by atoms with Crippen molar-refractivity contribution in [3.63, 3.8) is 0 Å². The Hall–Kier alpha value is -3.20. The quantitative estimate of drug-likeness (QED) is 0.500. The number of aromatic nitrogens is 2. The molecule has 0 fully saturated rings. The van der Waals surface area contributed by atoms with Gasteiger partial charge in [-0.1, -0.05) is 12.1 Å². The molecule has 1 aromatic heterocycles. The first kappa shape index (κ1) is 19.6. The standard InChI is InChI=1S/C19H20N4O4S/c1-13(15-4-6-16(7-5-15)22-11-10-20-14(22)2)21-18-9-8-17(28(3,26)27)12-19(18)23(24)25/h4-13,21H,1-3H3. The van der Waals surface area contributed by atoms with Crippen LogP contribution in [0.4, 0.5) is 11.4 Å². The number of aryl methyl sites for hydroxylation is 1. The fourth-order valence-electron chi connectivity index (χ4n) is 2.91. The lowest BCUT2D eigenvalue weighted by molar-refractivity contribution is -0.384. The fraction of sp³-hybridized carbons (Fsp3) is 0.211. The lowest BCUT2D eigenvalue weighted by atomic mass is 10.1. The maximum absolute atomic E-state index is 11.7. The van der Waals surface area contributed by atoms with Crippen LogP contribution in [0.15, 0.2) is 59.8 Å². The number of nitrogens with zero attached hydrogens (tertiary/aromatic N) is 3. The largest absolute Gasteiger partial charge is 0.373 e. The van der Waals surface area contributed by atoms with E-state index in [0.717, 1.165) is 29.4 Å². The highest BCUT2D eigenvalue weighted by atomic mass is 32.2. The lowest BCUT2D eigenvalue weighted by Crippen LogP contribution is -2.09. The van der Waals surface area contributed by atoms with Crippen LogP contribution < -0.4 is 5.32 Å². The van der Waals surface area contributed by atoms with Gasteiger partial charge in [-0.25, -0.2) is 13.4 Å². The number of rotatable bonds is 6. The topological polar surface area (TPSA) is 107 Å². The van der Waals surface area contributed by atoms with E-state index in [1.54, 1.807) is 6.20 Å². The number of nitrogens with one attached hydrogen (secondary N) is 1. The number of nitro benzene ring substituents is 1. The van der Waals surface area contributed by atoms with Crippen LogP contribution in [0, 0.1) is 17.0 Å². The number of hydrogen-bond donors (Lipinski definition) is 1. The van der Waals surface area contributed by atoms with Crippen LogP contribution in [-0.2, 0) is 9.84 Å². The molecule has 8 nitrogen and oxygen atoms in total. The molecule has 0 aliphatic rings. The first-order valence-electron chi connectivity index (χ1n) is 8.52. The third-order valence-electron chi connectivity index (χ3n) is 4.46. The number of nitro groups is 1. The van der Waals surface area contributed by atoms with Gasteiger partial charge in [0.1, 0.15) is 11.5 Å². The number of sulfone groups is 1. The van der Waals surface area contributed by atoms with Gasteiger partial charge in [-0.2, -0.15) is 0 Å². The number of anilines is 1. The van der Waals surface area contributed by atoms with E-state index in [1.807, 2.05) is 48.9 Å². The van der Waals surface area contributed by atoms with Crippen molar-refractivity contribution in [2.75, 3.05) is 11.6 Å². The van der Waals surface area contributed by atoms with Gasteiger partial charge >= 0.3 is 0 Å². The summed E-state index contributed by atoms with van der Waals surface area (Å²) in [7, 11) is -3.53. The maximum atomic E-state index is 11.7. The van der Waals surface area contributed by atoms with Crippen molar-refractivity contribution in [3.8, 4) is 5.69 Å². The lowest BCUT2D eigenvalue weighted by Gasteiger charge is -2.17. The second-order valence-electron chi connectivity index (χ2n) is 6.51. The highest BCUT2D eigenvalue weighted by molar-refractivity contribution is 7.90. The van der Waals surface area contributed by atoms with Crippen molar-refractivity contribution in [2.24, 2.45) is 0 Å².